The molecule has 116 valence electrons. The zero-order chi connectivity index (χ0) is 14.9. The molecule has 1 aliphatic heterocycles. The summed E-state index contributed by atoms with van der Waals surface area (Å²) >= 11 is 1.64. The van der Waals surface area contributed by atoms with Gasteiger partial charge in [0.1, 0.15) is 0 Å². The first kappa shape index (κ1) is 16.2. The molecule has 0 bridgehead atoms. The summed E-state index contributed by atoms with van der Waals surface area (Å²) < 4.78 is 10.5. The lowest BCUT2D eigenvalue weighted by Crippen LogP contribution is -2.38. The van der Waals surface area contributed by atoms with Gasteiger partial charge in [-0.25, -0.2) is 0 Å². The fourth-order valence-corrected chi connectivity index (χ4v) is 2.98. The number of piperidine rings is 1. The van der Waals surface area contributed by atoms with Gasteiger partial charge in [-0.15, -0.1) is 11.3 Å². The van der Waals surface area contributed by atoms with Gasteiger partial charge in [-0.05, 0) is 36.3 Å². The number of amides is 1. The Morgan fingerprint density at radius 2 is 2.24 bits per heavy atom. The predicted octanol–water partition coefficient (Wildman–Crippen LogP) is 2.66. The van der Waals surface area contributed by atoms with Crippen LogP contribution in [0, 0.1) is 5.92 Å². The van der Waals surface area contributed by atoms with Crippen LogP contribution in [0.1, 0.15) is 17.7 Å². The van der Waals surface area contributed by atoms with Crippen molar-refractivity contribution in [3.05, 3.63) is 28.5 Å². The van der Waals surface area contributed by atoms with Gasteiger partial charge in [0.05, 0.1) is 13.2 Å². The first-order valence-corrected chi connectivity index (χ1v) is 8.24. The first-order chi connectivity index (χ1) is 10.3. The molecule has 0 aliphatic carbocycles. The van der Waals surface area contributed by atoms with Gasteiger partial charge >= 0.3 is 0 Å². The van der Waals surface area contributed by atoms with Crippen LogP contribution >= 0.6 is 11.3 Å². The van der Waals surface area contributed by atoms with Gasteiger partial charge < -0.3 is 14.4 Å². The van der Waals surface area contributed by atoms with E-state index in [1.807, 2.05) is 28.5 Å². The molecule has 2 heterocycles. The van der Waals surface area contributed by atoms with Crippen LogP contribution in [0.2, 0.25) is 0 Å². The maximum absolute atomic E-state index is 12.1. The molecule has 0 aromatic carbocycles. The second kappa shape index (κ2) is 8.97. The van der Waals surface area contributed by atoms with E-state index in [1.165, 1.54) is 0 Å². The van der Waals surface area contributed by atoms with Crippen molar-refractivity contribution in [3.63, 3.8) is 0 Å². The number of hydrogen-bond donors (Lipinski definition) is 0. The van der Waals surface area contributed by atoms with Gasteiger partial charge in [0.25, 0.3) is 0 Å². The number of likely N-dealkylation sites (tertiary alicyclic amines) is 1. The number of hydrogen-bond acceptors (Lipinski definition) is 4. The van der Waals surface area contributed by atoms with E-state index in [0.29, 0.717) is 19.1 Å². The maximum atomic E-state index is 12.1. The second-order valence-corrected chi connectivity index (χ2v) is 6.16. The molecular weight excluding hydrogens is 286 g/mol. The quantitative estimate of drug-likeness (QED) is 0.574. The lowest BCUT2D eigenvalue weighted by Gasteiger charge is -2.31. The molecule has 0 spiro atoms. The number of ether oxygens (including phenoxy) is 2. The largest absolute Gasteiger partial charge is 0.382 e. The molecule has 1 amide bonds. The van der Waals surface area contributed by atoms with E-state index in [0.717, 1.165) is 37.4 Å². The highest BCUT2D eigenvalue weighted by Gasteiger charge is 2.21. The van der Waals surface area contributed by atoms with Crippen LogP contribution < -0.4 is 0 Å². The van der Waals surface area contributed by atoms with Crippen molar-refractivity contribution in [1.29, 1.82) is 0 Å². The number of carbonyl (C=O) groups excluding carboxylic acids is 1. The Morgan fingerprint density at radius 1 is 1.43 bits per heavy atom. The van der Waals surface area contributed by atoms with Crippen LogP contribution in [-0.2, 0) is 14.3 Å². The Balaban J connectivity index is 1.67. The van der Waals surface area contributed by atoms with Gasteiger partial charge in [-0.3, -0.25) is 4.79 Å². The third-order valence-corrected chi connectivity index (χ3v) is 4.48. The number of carbonyl (C=O) groups is 1. The standard InChI is InChI=1S/C16H23NO3S/c1-19-10-11-20-13-14-6-8-17(9-7-14)16(18)5-4-15-3-2-12-21-15/h2-5,12,14H,6-11,13H2,1H3/b5-4+. The van der Waals surface area contributed by atoms with E-state index in [2.05, 4.69) is 0 Å². The molecular formula is C16H23NO3S. The van der Waals surface area contributed by atoms with E-state index in [4.69, 9.17) is 9.47 Å². The number of methoxy groups -OCH3 is 1. The van der Waals surface area contributed by atoms with Crippen LogP contribution in [0.5, 0.6) is 0 Å². The molecule has 21 heavy (non-hydrogen) atoms. The van der Waals surface area contributed by atoms with Gasteiger partial charge in [0.2, 0.25) is 5.91 Å². The highest BCUT2D eigenvalue weighted by atomic mass is 32.1. The van der Waals surface area contributed by atoms with Crippen molar-refractivity contribution >= 4 is 23.3 Å². The normalized spacial score (nSPS) is 16.7. The topological polar surface area (TPSA) is 38.8 Å². The third kappa shape index (κ3) is 5.61. The Morgan fingerprint density at radius 3 is 2.90 bits per heavy atom. The minimum atomic E-state index is 0.113. The summed E-state index contributed by atoms with van der Waals surface area (Å²) in [6, 6.07) is 4.00. The number of rotatable bonds is 7. The monoisotopic (exact) mass is 309 g/mol. The summed E-state index contributed by atoms with van der Waals surface area (Å²) in [6.07, 6.45) is 5.62. The Labute approximate surface area is 130 Å². The SMILES string of the molecule is COCCOCC1CCN(C(=O)/C=C/c2cccs2)CC1. The highest BCUT2D eigenvalue weighted by Crippen LogP contribution is 2.18. The smallest absolute Gasteiger partial charge is 0.246 e. The second-order valence-electron chi connectivity index (χ2n) is 5.19. The third-order valence-electron chi connectivity index (χ3n) is 3.64. The van der Waals surface area contributed by atoms with Crippen molar-refractivity contribution in [1.82, 2.24) is 4.90 Å². The fraction of sp³-hybridized carbons (Fsp3) is 0.562. The molecule has 2 rings (SSSR count). The van der Waals surface area contributed by atoms with Gasteiger partial charge in [-0.2, -0.15) is 0 Å². The maximum Gasteiger partial charge on any atom is 0.246 e. The van der Waals surface area contributed by atoms with Crippen molar-refractivity contribution in [2.45, 2.75) is 12.8 Å². The molecule has 0 N–H and O–H groups in total. The van der Waals surface area contributed by atoms with Gasteiger partial charge in [-0.1, -0.05) is 6.07 Å². The van der Waals surface area contributed by atoms with Crippen molar-refractivity contribution in [2.24, 2.45) is 5.92 Å². The van der Waals surface area contributed by atoms with Crippen LogP contribution in [0.15, 0.2) is 23.6 Å². The Bertz CT molecular complexity index is 436. The summed E-state index contributed by atoms with van der Waals surface area (Å²) in [4.78, 5) is 15.1. The predicted molar refractivity (Wildman–Crippen MR) is 85.4 cm³/mol. The van der Waals surface area contributed by atoms with Gasteiger partial charge in [0.15, 0.2) is 0 Å². The van der Waals surface area contributed by atoms with E-state index < -0.39 is 0 Å². The molecule has 0 radical (unpaired) electrons. The number of thiophene rings is 1. The van der Waals surface area contributed by atoms with E-state index in [1.54, 1.807) is 24.5 Å². The Hall–Kier alpha value is -1.17. The van der Waals surface area contributed by atoms with Crippen LogP contribution in [0.3, 0.4) is 0 Å². The average molecular weight is 309 g/mol. The van der Waals surface area contributed by atoms with E-state index in [9.17, 15) is 4.79 Å². The summed E-state index contributed by atoms with van der Waals surface area (Å²) in [5.41, 5.74) is 0. The van der Waals surface area contributed by atoms with E-state index in [-0.39, 0.29) is 5.91 Å². The van der Waals surface area contributed by atoms with Crippen LogP contribution in [-0.4, -0.2) is 50.8 Å². The lowest BCUT2D eigenvalue weighted by molar-refractivity contribution is -0.127. The molecule has 0 unspecified atom stereocenters. The fourth-order valence-electron chi connectivity index (χ4n) is 2.36. The molecule has 0 atom stereocenters. The Kier molecular flexibility index (Phi) is 6.92. The minimum Gasteiger partial charge on any atom is -0.382 e. The van der Waals surface area contributed by atoms with Crippen LogP contribution in [0.4, 0.5) is 0 Å². The summed E-state index contributed by atoms with van der Waals surface area (Å²) in [7, 11) is 1.68. The zero-order valence-electron chi connectivity index (χ0n) is 12.5. The van der Waals surface area contributed by atoms with Crippen LogP contribution in [0.25, 0.3) is 6.08 Å². The summed E-state index contributed by atoms with van der Waals surface area (Å²) in [5.74, 6) is 0.675. The van der Waals surface area contributed by atoms with Crippen molar-refractivity contribution in [2.75, 3.05) is 40.0 Å². The summed E-state index contributed by atoms with van der Waals surface area (Å²) in [6.45, 7) is 3.72. The molecule has 1 saturated heterocycles. The molecule has 4 nitrogen and oxygen atoms in total. The molecule has 1 fully saturated rings. The zero-order valence-corrected chi connectivity index (χ0v) is 13.3. The van der Waals surface area contributed by atoms with Crippen molar-refractivity contribution in [3.8, 4) is 0 Å². The van der Waals surface area contributed by atoms with Crippen molar-refractivity contribution < 1.29 is 14.3 Å². The molecule has 5 heteroatoms. The summed E-state index contributed by atoms with van der Waals surface area (Å²) in [5, 5.41) is 2.01. The minimum absolute atomic E-state index is 0.113. The van der Waals surface area contributed by atoms with Gasteiger partial charge in [0, 0.05) is 37.8 Å². The van der Waals surface area contributed by atoms with E-state index >= 15 is 0 Å². The molecule has 1 aliphatic rings. The average Bonchev–Trinajstić information content (AvgIpc) is 3.03. The number of nitrogens with zero attached hydrogens (tertiary/aromatic N) is 1. The molecule has 1 aromatic heterocycles. The highest BCUT2D eigenvalue weighted by molar-refractivity contribution is 7.10. The molecule has 0 saturated carbocycles. The molecule has 1 aromatic rings. The lowest BCUT2D eigenvalue weighted by atomic mass is 9.98. The first-order valence-electron chi connectivity index (χ1n) is 7.37.